The highest BCUT2D eigenvalue weighted by atomic mass is 16.2. The van der Waals surface area contributed by atoms with E-state index < -0.39 is 0 Å². The molecule has 4 nitrogen and oxygen atoms in total. The Kier molecular flexibility index (Phi) is 6.01. The monoisotopic (exact) mass is 301 g/mol. The summed E-state index contributed by atoms with van der Waals surface area (Å²) in [6, 6.07) is 8.15. The number of benzene rings is 1. The zero-order chi connectivity index (χ0) is 15.9. The number of anilines is 1. The molecule has 1 aliphatic heterocycles. The zero-order valence-corrected chi connectivity index (χ0v) is 13.7. The van der Waals surface area contributed by atoms with Crippen molar-refractivity contribution in [2.24, 2.45) is 0 Å². The second kappa shape index (κ2) is 7.99. The molecule has 120 valence electrons. The third kappa shape index (κ3) is 4.10. The largest absolute Gasteiger partial charge is 0.381 e. The summed E-state index contributed by atoms with van der Waals surface area (Å²) in [6.45, 7) is 6.27. The maximum absolute atomic E-state index is 12.8. The highest BCUT2D eigenvalue weighted by molar-refractivity contribution is 5.99. The van der Waals surface area contributed by atoms with E-state index in [2.05, 4.69) is 23.8 Å². The Bertz CT molecular complexity index is 515. The van der Waals surface area contributed by atoms with Gasteiger partial charge in [-0.3, -0.25) is 4.79 Å². The van der Waals surface area contributed by atoms with Crippen molar-refractivity contribution in [3.05, 3.63) is 42.5 Å². The van der Waals surface area contributed by atoms with Crippen LogP contribution in [0.1, 0.15) is 29.6 Å². The van der Waals surface area contributed by atoms with Gasteiger partial charge in [0.15, 0.2) is 0 Å². The number of piperidine rings is 1. The molecule has 1 saturated heterocycles. The summed E-state index contributed by atoms with van der Waals surface area (Å²) in [5, 5.41) is 3.24. The Morgan fingerprint density at radius 1 is 1.45 bits per heavy atom. The lowest BCUT2D eigenvalue weighted by atomic mass is 10.0. The molecule has 4 heteroatoms. The molecule has 1 aliphatic rings. The fraction of sp³-hybridized carbons (Fsp3) is 0.500. The first kappa shape index (κ1) is 16.6. The molecule has 22 heavy (non-hydrogen) atoms. The lowest BCUT2D eigenvalue weighted by Crippen LogP contribution is -2.45. The van der Waals surface area contributed by atoms with E-state index in [0.717, 1.165) is 24.3 Å². The minimum absolute atomic E-state index is 0.0751. The molecule has 0 aliphatic carbocycles. The fourth-order valence-corrected chi connectivity index (χ4v) is 2.99. The molecule has 0 saturated carbocycles. The fourth-order valence-electron chi connectivity index (χ4n) is 2.99. The SMILES string of the molecule is C=CCNc1ccccc1C(=O)N(C)C[C@H]1CCCCN1C. The molecule has 0 aromatic heterocycles. The molecule has 2 rings (SSSR count). The Morgan fingerprint density at radius 3 is 2.95 bits per heavy atom. The van der Waals surface area contributed by atoms with Crippen LogP contribution in [0.4, 0.5) is 5.69 Å². The molecule has 0 radical (unpaired) electrons. The lowest BCUT2D eigenvalue weighted by molar-refractivity contribution is 0.0718. The van der Waals surface area contributed by atoms with Crippen LogP contribution in [0.25, 0.3) is 0 Å². The predicted molar refractivity (Wildman–Crippen MR) is 92.4 cm³/mol. The van der Waals surface area contributed by atoms with Crippen molar-refractivity contribution >= 4 is 11.6 Å². The second-order valence-electron chi connectivity index (χ2n) is 6.03. The number of nitrogens with one attached hydrogen (secondary N) is 1. The van der Waals surface area contributed by atoms with Crippen LogP contribution in [0.5, 0.6) is 0 Å². The molecule has 1 N–H and O–H groups in total. The highest BCUT2D eigenvalue weighted by Crippen LogP contribution is 2.19. The van der Waals surface area contributed by atoms with Crippen molar-refractivity contribution in [1.82, 2.24) is 9.80 Å². The third-order valence-corrected chi connectivity index (χ3v) is 4.35. The number of likely N-dealkylation sites (N-methyl/N-ethyl adjacent to an activating group) is 2. The van der Waals surface area contributed by atoms with E-state index in [0.29, 0.717) is 12.6 Å². The van der Waals surface area contributed by atoms with Gasteiger partial charge in [0.05, 0.1) is 5.56 Å². The van der Waals surface area contributed by atoms with Crippen LogP contribution >= 0.6 is 0 Å². The van der Waals surface area contributed by atoms with E-state index in [1.165, 1.54) is 19.3 Å². The van der Waals surface area contributed by atoms with E-state index >= 15 is 0 Å². The van der Waals surface area contributed by atoms with Crippen molar-refractivity contribution < 1.29 is 4.79 Å². The Morgan fingerprint density at radius 2 is 2.23 bits per heavy atom. The number of carbonyl (C=O) groups is 1. The third-order valence-electron chi connectivity index (χ3n) is 4.35. The first-order chi connectivity index (χ1) is 10.6. The van der Waals surface area contributed by atoms with Gasteiger partial charge in [-0.2, -0.15) is 0 Å². The number of rotatable bonds is 6. The minimum atomic E-state index is 0.0751. The molecule has 1 atom stereocenters. The van der Waals surface area contributed by atoms with Crippen molar-refractivity contribution in [1.29, 1.82) is 0 Å². The summed E-state index contributed by atoms with van der Waals surface area (Å²) in [7, 11) is 4.05. The Hall–Kier alpha value is -1.81. The van der Waals surface area contributed by atoms with Gasteiger partial charge in [0.25, 0.3) is 5.91 Å². The van der Waals surface area contributed by atoms with Crippen LogP contribution in [0.15, 0.2) is 36.9 Å². The van der Waals surface area contributed by atoms with Crippen LogP contribution in [0.2, 0.25) is 0 Å². The van der Waals surface area contributed by atoms with E-state index in [1.807, 2.05) is 36.2 Å². The number of hydrogen-bond donors (Lipinski definition) is 1. The minimum Gasteiger partial charge on any atom is -0.381 e. The van der Waals surface area contributed by atoms with Crippen LogP contribution in [0, 0.1) is 0 Å². The number of likely N-dealkylation sites (tertiary alicyclic amines) is 1. The number of amides is 1. The summed E-state index contributed by atoms with van der Waals surface area (Å²) in [5.74, 6) is 0.0751. The maximum Gasteiger partial charge on any atom is 0.255 e. The normalized spacial score (nSPS) is 18.7. The van der Waals surface area contributed by atoms with Gasteiger partial charge in [0, 0.05) is 31.9 Å². The van der Waals surface area contributed by atoms with Gasteiger partial charge in [-0.25, -0.2) is 0 Å². The Labute approximate surface area is 133 Å². The van der Waals surface area contributed by atoms with Crippen LogP contribution in [0.3, 0.4) is 0 Å². The molecule has 1 amide bonds. The second-order valence-corrected chi connectivity index (χ2v) is 6.03. The first-order valence-electron chi connectivity index (χ1n) is 8.03. The van der Waals surface area contributed by atoms with Gasteiger partial charge in [0.2, 0.25) is 0 Å². The molecule has 1 aromatic carbocycles. The van der Waals surface area contributed by atoms with E-state index in [4.69, 9.17) is 0 Å². The lowest BCUT2D eigenvalue weighted by Gasteiger charge is -2.35. The number of nitrogens with zero attached hydrogens (tertiary/aromatic N) is 2. The average Bonchev–Trinajstić information content (AvgIpc) is 2.54. The summed E-state index contributed by atoms with van der Waals surface area (Å²) in [6.07, 6.45) is 5.49. The molecule has 0 spiro atoms. The number of hydrogen-bond acceptors (Lipinski definition) is 3. The van der Waals surface area contributed by atoms with Gasteiger partial charge in [-0.15, -0.1) is 6.58 Å². The van der Waals surface area contributed by atoms with Crippen molar-refractivity contribution in [2.75, 3.05) is 39.0 Å². The smallest absolute Gasteiger partial charge is 0.255 e. The zero-order valence-electron chi connectivity index (χ0n) is 13.7. The topological polar surface area (TPSA) is 35.6 Å². The summed E-state index contributed by atoms with van der Waals surface area (Å²) >= 11 is 0. The first-order valence-corrected chi connectivity index (χ1v) is 8.03. The quantitative estimate of drug-likeness (QED) is 0.821. The molecule has 0 unspecified atom stereocenters. The van der Waals surface area contributed by atoms with Gasteiger partial charge < -0.3 is 15.1 Å². The highest BCUT2D eigenvalue weighted by Gasteiger charge is 2.23. The van der Waals surface area contributed by atoms with Crippen LogP contribution < -0.4 is 5.32 Å². The summed E-state index contributed by atoms with van der Waals surface area (Å²) in [5.41, 5.74) is 1.60. The molecular weight excluding hydrogens is 274 g/mol. The summed E-state index contributed by atoms with van der Waals surface area (Å²) in [4.78, 5) is 17.0. The molecule has 1 fully saturated rings. The maximum atomic E-state index is 12.8. The van der Waals surface area contributed by atoms with Crippen LogP contribution in [-0.2, 0) is 0 Å². The average molecular weight is 301 g/mol. The summed E-state index contributed by atoms with van der Waals surface area (Å²) < 4.78 is 0. The van der Waals surface area contributed by atoms with Crippen molar-refractivity contribution in [3.63, 3.8) is 0 Å². The van der Waals surface area contributed by atoms with E-state index in [1.54, 1.807) is 6.08 Å². The number of para-hydroxylation sites is 1. The standard InChI is InChI=1S/C18H27N3O/c1-4-12-19-17-11-6-5-10-16(17)18(22)21(3)14-15-9-7-8-13-20(15)2/h4-6,10-11,15,19H,1,7-9,12-14H2,2-3H3/t15-/m1/s1. The number of carbonyl (C=O) groups excluding carboxylic acids is 1. The van der Waals surface area contributed by atoms with E-state index in [9.17, 15) is 4.79 Å². The van der Waals surface area contributed by atoms with Gasteiger partial charge >= 0.3 is 0 Å². The molecule has 0 bridgehead atoms. The van der Waals surface area contributed by atoms with Crippen LogP contribution in [-0.4, -0.2) is 55.5 Å². The Balaban J connectivity index is 2.05. The van der Waals surface area contributed by atoms with Gasteiger partial charge in [-0.1, -0.05) is 24.6 Å². The van der Waals surface area contributed by atoms with Gasteiger partial charge in [-0.05, 0) is 38.6 Å². The molecule has 1 heterocycles. The van der Waals surface area contributed by atoms with E-state index in [-0.39, 0.29) is 5.91 Å². The van der Waals surface area contributed by atoms with Crippen molar-refractivity contribution in [3.8, 4) is 0 Å². The predicted octanol–water partition coefficient (Wildman–Crippen LogP) is 2.84. The van der Waals surface area contributed by atoms with Gasteiger partial charge in [0.1, 0.15) is 0 Å². The van der Waals surface area contributed by atoms with Crippen molar-refractivity contribution in [2.45, 2.75) is 25.3 Å². The molecule has 1 aromatic rings. The molecular formula is C18H27N3O.